The maximum Gasteiger partial charge on any atom is 0.335 e. The van der Waals surface area contributed by atoms with Gasteiger partial charge in [0, 0.05) is 5.56 Å². The average Bonchev–Trinajstić information content (AvgIpc) is 2.58. The highest BCUT2D eigenvalue weighted by atomic mass is 28.3. The fourth-order valence-corrected chi connectivity index (χ4v) is 5.14. The van der Waals surface area contributed by atoms with Crippen molar-refractivity contribution >= 4 is 44.3 Å². The Morgan fingerprint density at radius 1 is 0.778 bits per heavy atom. The lowest BCUT2D eigenvalue weighted by molar-refractivity contribution is 0.0696. The highest BCUT2D eigenvalue weighted by molar-refractivity contribution is 6.91. The molecule has 5 heteroatoms. The molecule has 0 amide bonds. The molecule has 0 aliphatic heterocycles. The number of ketones is 1. The summed E-state index contributed by atoms with van der Waals surface area (Å²) in [6, 6.07) is 12.9. The van der Waals surface area contributed by atoms with Crippen LogP contribution < -0.4 is 10.4 Å². The first-order valence-corrected chi connectivity index (χ1v) is 16.1. The quantitative estimate of drug-likeness (QED) is 0.448. The second-order valence-electron chi connectivity index (χ2n) is 8.92. The molecule has 0 aliphatic carbocycles. The van der Waals surface area contributed by atoms with Crippen LogP contribution in [-0.2, 0) is 0 Å². The third-order valence-electron chi connectivity index (χ3n) is 4.53. The van der Waals surface area contributed by atoms with Crippen LogP contribution in [-0.4, -0.2) is 33.0 Å². The van der Waals surface area contributed by atoms with Gasteiger partial charge in [-0.3, -0.25) is 4.79 Å². The number of carbonyl (C=O) groups excluding carboxylic acids is 1. The smallest absolute Gasteiger partial charge is 0.335 e. The number of hydrogen-bond acceptors (Lipinski definition) is 2. The van der Waals surface area contributed by atoms with Crippen LogP contribution in [0.25, 0.3) is 6.08 Å². The Balaban J connectivity index is 2.35. The van der Waals surface area contributed by atoms with E-state index in [4.69, 9.17) is 5.11 Å². The number of carboxylic acids is 1. The van der Waals surface area contributed by atoms with Gasteiger partial charge >= 0.3 is 5.97 Å². The minimum atomic E-state index is -1.53. The van der Waals surface area contributed by atoms with Crippen LogP contribution in [0.1, 0.15) is 26.3 Å². The van der Waals surface area contributed by atoms with E-state index in [-0.39, 0.29) is 11.3 Å². The standard InChI is InChI=1S/C22H28O3Si2/c1-26(2,3)19-13-18(14-20(15-19)27(4,5)6)21(23)12-9-16-7-10-17(11-8-16)22(24)25/h7-15H,1-6H3,(H,24,25). The summed E-state index contributed by atoms with van der Waals surface area (Å²) in [4.78, 5) is 23.7. The maximum absolute atomic E-state index is 12.8. The van der Waals surface area contributed by atoms with Crippen LogP contribution in [0.5, 0.6) is 0 Å². The lowest BCUT2D eigenvalue weighted by Crippen LogP contribution is -2.45. The Kier molecular flexibility index (Phi) is 6.07. The lowest BCUT2D eigenvalue weighted by atomic mass is 10.1. The minimum Gasteiger partial charge on any atom is -0.478 e. The van der Waals surface area contributed by atoms with Gasteiger partial charge in [0.05, 0.1) is 21.7 Å². The largest absolute Gasteiger partial charge is 0.478 e. The van der Waals surface area contributed by atoms with Gasteiger partial charge in [-0.25, -0.2) is 4.79 Å². The van der Waals surface area contributed by atoms with Gasteiger partial charge in [-0.05, 0) is 23.8 Å². The van der Waals surface area contributed by atoms with Crippen LogP contribution in [0.2, 0.25) is 39.3 Å². The molecule has 27 heavy (non-hydrogen) atoms. The molecule has 2 rings (SSSR count). The molecule has 2 aromatic rings. The third kappa shape index (κ3) is 5.61. The fourth-order valence-electron chi connectivity index (χ4n) is 2.64. The van der Waals surface area contributed by atoms with Crippen molar-refractivity contribution in [1.82, 2.24) is 0 Å². The number of allylic oxidation sites excluding steroid dienone is 1. The number of carbonyl (C=O) groups is 2. The minimum absolute atomic E-state index is 0.0167. The third-order valence-corrected chi connectivity index (χ3v) is 8.58. The van der Waals surface area contributed by atoms with Gasteiger partial charge in [0.15, 0.2) is 5.78 Å². The zero-order valence-corrected chi connectivity index (χ0v) is 19.0. The number of carboxylic acid groups (broad SMARTS) is 1. The van der Waals surface area contributed by atoms with Crippen LogP contribution in [0, 0.1) is 0 Å². The predicted molar refractivity (Wildman–Crippen MR) is 119 cm³/mol. The Morgan fingerprint density at radius 2 is 1.26 bits per heavy atom. The number of hydrogen-bond donors (Lipinski definition) is 1. The summed E-state index contributed by atoms with van der Waals surface area (Å²) in [5.74, 6) is -0.972. The van der Waals surface area contributed by atoms with E-state index in [1.165, 1.54) is 10.4 Å². The second kappa shape index (κ2) is 7.78. The molecular formula is C22H28O3Si2. The summed E-state index contributed by atoms with van der Waals surface area (Å²) in [5.41, 5.74) is 1.78. The molecule has 0 aromatic heterocycles. The van der Waals surface area contributed by atoms with E-state index in [0.717, 1.165) is 11.1 Å². The summed E-state index contributed by atoms with van der Waals surface area (Å²) in [5, 5.41) is 11.6. The van der Waals surface area contributed by atoms with E-state index in [0.29, 0.717) is 0 Å². The van der Waals surface area contributed by atoms with Crippen molar-refractivity contribution in [1.29, 1.82) is 0 Å². The van der Waals surface area contributed by atoms with Gasteiger partial charge in [-0.1, -0.05) is 86.1 Å². The van der Waals surface area contributed by atoms with E-state index in [1.807, 2.05) is 0 Å². The zero-order chi connectivity index (χ0) is 20.4. The van der Waals surface area contributed by atoms with Gasteiger partial charge in [0.1, 0.15) is 0 Å². The van der Waals surface area contributed by atoms with Crippen molar-refractivity contribution in [3.8, 4) is 0 Å². The molecule has 0 radical (unpaired) electrons. The monoisotopic (exact) mass is 396 g/mol. The van der Waals surface area contributed by atoms with Crippen molar-refractivity contribution in [2.24, 2.45) is 0 Å². The van der Waals surface area contributed by atoms with E-state index >= 15 is 0 Å². The molecule has 0 atom stereocenters. The molecule has 0 spiro atoms. The molecule has 0 bridgehead atoms. The molecule has 0 saturated heterocycles. The molecule has 2 aromatic carbocycles. The fraction of sp³-hybridized carbons (Fsp3) is 0.273. The van der Waals surface area contributed by atoms with Gasteiger partial charge in [-0.15, -0.1) is 0 Å². The van der Waals surface area contributed by atoms with Crippen molar-refractivity contribution < 1.29 is 14.7 Å². The van der Waals surface area contributed by atoms with Crippen LogP contribution in [0.15, 0.2) is 48.5 Å². The van der Waals surface area contributed by atoms with Crippen molar-refractivity contribution in [3.05, 3.63) is 65.2 Å². The van der Waals surface area contributed by atoms with E-state index in [9.17, 15) is 9.59 Å². The van der Waals surface area contributed by atoms with Gasteiger partial charge < -0.3 is 5.11 Å². The van der Waals surface area contributed by atoms with Crippen molar-refractivity contribution in [2.45, 2.75) is 39.3 Å². The number of benzene rings is 2. The Hall–Kier alpha value is -2.25. The first kappa shape index (κ1) is 21.1. The van der Waals surface area contributed by atoms with E-state index < -0.39 is 22.1 Å². The number of aromatic carboxylic acids is 1. The van der Waals surface area contributed by atoms with Crippen LogP contribution >= 0.6 is 0 Å². The molecule has 0 unspecified atom stereocenters. The molecule has 1 N–H and O–H groups in total. The SMILES string of the molecule is C[Si](C)(C)c1cc(C(=O)C=Cc2ccc(C(=O)O)cc2)cc([Si](C)(C)C)c1. The molecule has 0 fully saturated rings. The van der Waals surface area contributed by atoms with Crippen molar-refractivity contribution in [3.63, 3.8) is 0 Å². The molecule has 0 aliphatic rings. The average molecular weight is 397 g/mol. The summed E-state index contributed by atoms with van der Waals surface area (Å²) in [6.07, 6.45) is 3.32. The maximum atomic E-state index is 12.8. The molecular weight excluding hydrogens is 368 g/mol. The predicted octanol–water partition coefficient (Wildman–Crippen LogP) is 4.37. The highest BCUT2D eigenvalue weighted by Gasteiger charge is 2.23. The first-order valence-electron chi connectivity index (χ1n) is 9.10. The summed E-state index contributed by atoms with van der Waals surface area (Å²) in [6.45, 7) is 13.8. The van der Waals surface area contributed by atoms with E-state index in [2.05, 4.69) is 57.5 Å². The second-order valence-corrected chi connectivity index (χ2v) is 19.1. The first-order chi connectivity index (χ1) is 12.4. The normalized spacial score (nSPS) is 12.4. The van der Waals surface area contributed by atoms with Crippen LogP contribution in [0.4, 0.5) is 0 Å². The Labute approximate surface area is 163 Å². The molecule has 0 heterocycles. The van der Waals surface area contributed by atoms with Gasteiger partial charge in [0.25, 0.3) is 0 Å². The lowest BCUT2D eigenvalue weighted by Gasteiger charge is -2.23. The summed E-state index contributed by atoms with van der Waals surface area (Å²) >= 11 is 0. The highest BCUT2D eigenvalue weighted by Crippen LogP contribution is 2.11. The van der Waals surface area contributed by atoms with Gasteiger partial charge in [-0.2, -0.15) is 0 Å². The topological polar surface area (TPSA) is 54.4 Å². The Bertz CT molecular complexity index is 851. The number of rotatable bonds is 6. The zero-order valence-electron chi connectivity index (χ0n) is 17.0. The summed E-state index contributed by atoms with van der Waals surface area (Å²) in [7, 11) is -3.07. The van der Waals surface area contributed by atoms with Crippen molar-refractivity contribution in [2.75, 3.05) is 0 Å². The Morgan fingerprint density at radius 3 is 1.67 bits per heavy atom. The molecule has 0 saturated carbocycles. The summed E-state index contributed by atoms with van der Waals surface area (Å²) < 4.78 is 0. The molecule has 3 nitrogen and oxygen atoms in total. The van der Waals surface area contributed by atoms with E-state index in [1.54, 1.807) is 36.4 Å². The van der Waals surface area contributed by atoms with Crippen LogP contribution in [0.3, 0.4) is 0 Å². The molecule has 142 valence electrons. The van der Waals surface area contributed by atoms with Gasteiger partial charge in [0.2, 0.25) is 0 Å².